The smallest absolute Gasteiger partial charge is 0.293 e. The zero-order valence-electron chi connectivity index (χ0n) is 19.5. The molecule has 168 valence electrons. The quantitative estimate of drug-likeness (QED) is 0.463. The Labute approximate surface area is 191 Å². The van der Waals surface area contributed by atoms with E-state index < -0.39 is 0 Å². The molecule has 1 aromatic carbocycles. The number of aromatic nitrogens is 2. The summed E-state index contributed by atoms with van der Waals surface area (Å²) in [5.41, 5.74) is 7.44. The standard InChI is InChI=1S/C28H34N2O2/c1-18-26-25(30(29-18)20-7-5-4-6-8-20)16-24-22-10-9-19-15-21(32-17-31)11-13-27(19,2)23(22)12-14-28(24,26)3/h4-9,17,21-24H,10-16H2,1-3H3/t21-,22+,23-,24-,27-,28-/m0/s1. The van der Waals surface area contributed by atoms with Crippen LogP contribution in [0.15, 0.2) is 42.0 Å². The number of fused-ring (bicyclic) bond motifs is 7. The maximum absolute atomic E-state index is 10.9. The molecule has 1 aromatic heterocycles. The van der Waals surface area contributed by atoms with Crippen LogP contribution in [-0.4, -0.2) is 22.4 Å². The molecule has 6 atom stereocenters. The fourth-order valence-corrected chi connectivity index (χ4v) is 8.33. The van der Waals surface area contributed by atoms with E-state index in [-0.39, 0.29) is 16.9 Å². The predicted octanol–water partition coefficient (Wildman–Crippen LogP) is 5.70. The summed E-state index contributed by atoms with van der Waals surface area (Å²) in [6.07, 6.45) is 10.5. The molecule has 4 nitrogen and oxygen atoms in total. The largest absolute Gasteiger partial charge is 0.464 e. The Kier molecular flexibility index (Phi) is 4.48. The van der Waals surface area contributed by atoms with Crippen LogP contribution >= 0.6 is 0 Å². The van der Waals surface area contributed by atoms with Crippen LogP contribution in [0.2, 0.25) is 0 Å². The fraction of sp³-hybridized carbons (Fsp3) is 0.571. The summed E-state index contributed by atoms with van der Waals surface area (Å²) in [5.74, 6) is 2.14. The average Bonchev–Trinajstić information content (AvgIpc) is 3.29. The Morgan fingerprint density at radius 1 is 1.06 bits per heavy atom. The van der Waals surface area contributed by atoms with Gasteiger partial charge in [0.15, 0.2) is 0 Å². The van der Waals surface area contributed by atoms with Crippen molar-refractivity contribution in [3.63, 3.8) is 0 Å². The first kappa shape index (κ1) is 20.3. The highest BCUT2D eigenvalue weighted by Gasteiger charge is 2.58. The van der Waals surface area contributed by atoms with E-state index in [1.54, 1.807) is 5.57 Å². The lowest BCUT2D eigenvalue weighted by Crippen LogP contribution is -2.51. The Morgan fingerprint density at radius 3 is 2.62 bits per heavy atom. The van der Waals surface area contributed by atoms with Crippen molar-refractivity contribution in [2.24, 2.45) is 23.2 Å². The van der Waals surface area contributed by atoms with Gasteiger partial charge in [0, 0.05) is 17.7 Å². The number of carbonyl (C=O) groups excluding carboxylic acids is 1. The van der Waals surface area contributed by atoms with Crippen LogP contribution in [0.5, 0.6) is 0 Å². The van der Waals surface area contributed by atoms with E-state index in [9.17, 15) is 4.79 Å². The maximum Gasteiger partial charge on any atom is 0.293 e. The highest BCUT2D eigenvalue weighted by molar-refractivity contribution is 5.46. The molecule has 6 rings (SSSR count). The van der Waals surface area contributed by atoms with Gasteiger partial charge < -0.3 is 4.74 Å². The first-order chi connectivity index (χ1) is 15.5. The summed E-state index contributed by atoms with van der Waals surface area (Å²) < 4.78 is 7.60. The van der Waals surface area contributed by atoms with Crippen LogP contribution in [0.3, 0.4) is 0 Å². The lowest BCUT2D eigenvalue weighted by atomic mass is 9.47. The second-order valence-electron chi connectivity index (χ2n) is 11.2. The summed E-state index contributed by atoms with van der Waals surface area (Å²) in [6.45, 7) is 7.89. The molecule has 0 radical (unpaired) electrons. The summed E-state index contributed by atoms with van der Waals surface area (Å²) >= 11 is 0. The monoisotopic (exact) mass is 430 g/mol. The van der Waals surface area contributed by atoms with Gasteiger partial charge in [0.05, 0.1) is 11.4 Å². The van der Waals surface area contributed by atoms with Crippen molar-refractivity contribution in [2.45, 2.75) is 77.2 Å². The van der Waals surface area contributed by atoms with Gasteiger partial charge in [-0.25, -0.2) is 4.68 Å². The van der Waals surface area contributed by atoms with Gasteiger partial charge in [0.1, 0.15) is 6.10 Å². The third kappa shape index (κ3) is 2.67. The van der Waals surface area contributed by atoms with Gasteiger partial charge in [-0.15, -0.1) is 0 Å². The van der Waals surface area contributed by atoms with Crippen LogP contribution in [0.1, 0.15) is 69.3 Å². The molecule has 4 heteroatoms. The minimum Gasteiger partial charge on any atom is -0.464 e. The number of rotatable bonds is 3. The van der Waals surface area contributed by atoms with Gasteiger partial charge >= 0.3 is 0 Å². The molecule has 32 heavy (non-hydrogen) atoms. The van der Waals surface area contributed by atoms with Crippen LogP contribution in [0, 0.1) is 30.1 Å². The highest BCUT2D eigenvalue weighted by atomic mass is 16.5. The molecular weight excluding hydrogens is 396 g/mol. The number of nitrogens with zero attached hydrogens (tertiary/aromatic N) is 2. The van der Waals surface area contributed by atoms with E-state index in [4.69, 9.17) is 9.84 Å². The molecule has 0 amide bonds. The van der Waals surface area contributed by atoms with Gasteiger partial charge in [-0.1, -0.05) is 43.7 Å². The van der Waals surface area contributed by atoms with Crippen molar-refractivity contribution < 1.29 is 9.53 Å². The van der Waals surface area contributed by atoms with Crippen molar-refractivity contribution in [3.05, 3.63) is 58.9 Å². The van der Waals surface area contributed by atoms with Gasteiger partial charge in [0.25, 0.3) is 6.47 Å². The van der Waals surface area contributed by atoms with Crippen LogP contribution in [0.4, 0.5) is 0 Å². The van der Waals surface area contributed by atoms with E-state index >= 15 is 0 Å². The Bertz CT molecular complexity index is 1090. The number of carbonyl (C=O) groups is 1. The number of ether oxygens (including phenoxy) is 1. The average molecular weight is 431 g/mol. The van der Waals surface area contributed by atoms with Gasteiger partial charge in [-0.2, -0.15) is 5.10 Å². The molecule has 1 heterocycles. The summed E-state index contributed by atoms with van der Waals surface area (Å²) in [7, 11) is 0. The maximum atomic E-state index is 10.9. The van der Waals surface area contributed by atoms with Crippen molar-refractivity contribution in [1.82, 2.24) is 9.78 Å². The molecule has 0 N–H and O–H groups in total. The van der Waals surface area contributed by atoms with Crippen LogP contribution in [-0.2, 0) is 21.4 Å². The fourth-order valence-electron chi connectivity index (χ4n) is 8.33. The minimum absolute atomic E-state index is 0.0764. The molecule has 4 aliphatic carbocycles. The van der Waals surface area contributed by atoms with Crippen molar-refractivity contribution in [3.8, 4) is 5.69 Å². The molecule has 2 saturated carbocycles. The third-order valence-corrected chi connectivity index (χ3v) is 9.84. The Hall–Kier alpha value is -2.36. The molecule has 0 spiro atoms. The predicted molar refractivity (Wildman–Crippen MR) is 125 cm³/mol. The summed E-state index contributed by atoms with van der Waals surface area (Å²) in [4.78, 5) is 10.9. The van der Waals surface area contributed by atoms with Crippen molar-refractivity contribution >= 4 is 6.47 Å². The normalized spacial score (nSPS) is 37.5. The van der Waals surface area contributed by atoms with Gasteiger partial charge in [0.2, 0.25) is 0 Å². The molecule has 2 fully saturated rings. The van der Waals surface area contributed by atoms with Crippen LogP contribution in [0.25, 0.3) is 5.69 Å². The molecule has 2 aromatic rings. The van der Waals surface area contributed by atoms with Crippen molar-refractivity contribution in [1.29, 1.82) is 0 Å². The second-order valence-corrected chi connectivity index (χ2v) is 11.2. The Morgan fingerprint density at radius 2 is 1.84 bits per heavy atom. The first-order valence-corrected chi connectivity index (χ1v) is 12.4. The zero-order valence-corrected chi connectivity index (χ0v) is 19.5. The topological polar surface area (TPSA) is 44.1 Å². The number of allylic oxidation sites excluding steroid dienone is 1. The molecular formula is C28H34N2O2. The third-order valence-electron chi connectivity index (χ3n) is 9.84. The second kappa shape index (κ2) is 7.07. The molecule has 0 bridgehead atoms. The van der Waals surface area contributed by atoms with Gasteiger partial charge in [-0.3, -0.25) is 4.79 Å². The van der Waals surface area contributed by atoms with E-state index in [1.807, 2.05) is 0 Å². The SMILES string of the molecule is Cc1nn(-c2ccccc2)c2c1[C@@]1(C)CC[C@H]3[C@@H](CC=C4C[C@@H](OC=O)CC[C@@]43C)[C@@H]1C2. The van der Waals surface area contributed by atoms with E-state index in [1.165, 1.54) is 41.9 Å². The number of hydrogen-bond acceptors (Lipinski definition) is 3. The molecule has 4 aliphatic rings. The van der Waals surface area contributed by atoms with Gasteiger partial charge in [-0.05, 0) is 86.2 Å². The first-order valence-electron chi connectivity index (χ1n) is 12.4. The van der Waals surface area contributed by atoms with Crippen molar-refractivity contribution in [2.75, 3.05) is 0 Å². The summed E-state index contributed by atoms with van der Waals surface area (Å²) in [6, 6.07) is 10.6. The highest BCUT2D eigenvalue weighted by Crippen LogP contribution is 2.64. The molecule has 0 saturated heterocycles. The summed E-state index contributed by atoms with van der Waals surface area (Å²) in [5, 5.41) is 5.01. The molecule has 0 aliphatic heterocycles. The number of aryl methyl sites for hydroxylation is 1. The van der Waals surface area contributed by atoms with E-state index in [0.717, 1.165) is 37.5 Å². The Balaban J connectivity index is 1.36. The zero-order chi connectivity index (χ0) is 22.1. The van der Waals surface area contributed by atoms with E-state index in [2.05, 4.69) is 61.9 Å². The number of hydrogen-bond donors (Lipinski definition) is 0. The number of benzene rings is 1. The lowest BCUT2D eigenvalue weighted by Gasteiger charge is -2.57. The van der Waals surface area contributed by atoms with Crippen LogP contribution < -0.4 is 0 Å². The molecule has 0 unspecified atom stereocenters. The minimum atomic E-state index is 0.0764. The number of para-hydroxylation sites is 1. The van der Waals surface area contributed by atoms with E-state index in [0.29, 0.717) is 12.4 Å². The lowest BCUT2D eigenvalue weighted by molar-refractivity contribution is -0.135.